The van der Waals surface area contributed by atoms with Gasteiger partial charge in [0, 0.05) is 11.5 Å². The van der Waals surface area contributed by atoms with Crippen molar-refractivity contribution in [2.75, 3.05) is 6.61 Å². The van der Waals surface area contributed by atoms with Crippen LogP contribution < -0.4 is 5.32 Å². The van der Waals surface area contributed by atoms with Crippen LogP contribution in [-0.4, -0.2) is 29.3 Å². The lowest BCUT2D eigenvalue weighted by Gasteiger charge is -2.39. The highest BCUT2D eigenvalue weighted by molar-refractivity contribution is 7.10. The first kappa shape index (κ1) is 15.5. The summed E-state index contributed by atoms with van der Waals surface area (Å²) in [6.45, 7) is 5.96. The molecule has 0 radical (unpaired) electrons. The van der Waals surface area contributed by atoms with E-state index in [9.17, 15) is 9.90 Å². The maximum Gasteiger partial charge on any atom is 0.252 e. The number of hydrogen-bond donors (Lipinski definition) is 2. The van der Waals surface area contributed by atoms with E-state index >= 15 is 0 Å². The van der Waals surface area contributed by atoms with E-state index in [1.54, 1.807) is 25.2 Å². The van der Waals surface area contributed by atoms with Crippen molar-refractivity contribution in [2.24, 2.45) is 5.92 Å². The van der Waals surface area contributed by atoms with Crippen molar-refractivity contribution >= 4 is 17.2 Å². The molecule has 0 bridgehead atoms. The maximum atomic E-state index is 12.4. The Kier molecular flexibility index (Phi) is 4.83. The van der Waals surface area contributed by atoms with Crippen molar-refractivity contribution in [2.45, 2.75) is 51.4 Å². The number of aliphatic hydroxyl groups is 1. The van der Waals surface area contributed by atoms with E-state index in [4.69, 9.17) is 4.74 Å². The number of ether oxygens (including phenoxy) is 1. The Labute approximate surface area is 124 Å². The van der Waals surface area contributed by atoms with Crippen molar-refractivity contribution in [3.05, 3.63) is 22.4 Å². The molecule has 1 aromatic heterocycles. The van der Waals surface area contributed by atoms with Gasteiger partial charge in [-0.1, -0.05) is 6.07 Å². The Hall–Kier alpha value is -0.910. The van der Waals surface area contributed by atoms with Crippen LogP contribution in [0.4, 0.5) is 0 Å². The van der Waals surface area contributed by atoms with E-state index in [0.717, 1.165) is 17.7 Å². The minimum atomic E-state index is -0.827. The number of nitrogens with one attached hydrogen (secondary N) is 1. The molecule has 1 aliphatic carbocycles. The quantitative estimate of drug-likeness (QED) is 0.848. The zero-order chi connectivity index (χ0) is 14.8. The summed E-state index contributed by atoms with van der Waals surface area (Å²) in [6, 6.07) is 4.00. The summed E-state index contributed by atoms with van der Waals surface area (Å²) in [5, 5.41) is 14.6. The molecule has 0 saturated heterocycles. The summed E-state index contributed by atoms with van der Waals surface area (Å²) in [6.07, 6.45) is 1.27. The van der Waals surface area contributed by atoms with Crippen LogP contribution in [0, 0.1) is 5.92 Å². The van der Waals surface area contributed by atoms with Crippen LogP contribution in [0.5, 0.6) is 0 Å². The lowest BCUT2D eigenvalue weighted by atomic mass is 9.76. The molecule has 1 unspecified atom stereocenters. The van der Waals surface area contributed by atoms with E-state index in [1.807, 2.05) is 24.4 Å². The summed E-state index contributed by atoms with van der Waals surface area (Å²) in [4.78, 5) is 13.5. The molecular weight excluding hydrogens is 274 g/mol. The second-order valence-electron chi connectivity index (χ2n) is 5.80. The SMILES string of the molecule is CCOC(C)(C)C(=O)NC(c1cccs1)C1CC(O)C1. The Bertz CT molecular complexity index is 438. The number of rotatable bonds is 6. The lowest BCUT2D eigenvalue weighted by Crippen LogP contribution is -2.49. The van der Waals surface area contributed by atoms with Gasteiger partial charge in [-0.3, -0.25) is 4.79 Å². The summed E-state index contributed by atoms with van der Waals surface area (Å²) in [7, 11) is 0. The Morgan fingerprint density at radius 3 is 2.80 bits per heavy atom. The highest BCUT2D eigenvalue weighted by atomic mass is 32.1. The Morgan fingerprint density at radius 2 is 2.30 bits per heavy atom. The number of carbonyl (C=O) groups excluding carboxylic acids is 1. The van der Waals surface area contributed by atoms with Crippen LogP contribution in [0.25, 0.3) is 0 Å². The zero-order valence-corrected chi connectivity index (χ0v) is 13.1. The highest BCUT2D eigenvalue weighted by Gasteiger charge is 2.38. The molecule has 0 aromatic carbocycles. The van der Waals surface area contributed by atoms with Gasteiger partial charge in [0.25, 0.3) is 5.91 Å². The molecular formula is C15H23NO3S. The van der Waals surface area contributed by atoms with Crippen LogP contribution in [-0.2, 0) is 9.53 Å². The number of hydrogen-bond acceptors (Lipinski definition) is 4. The standard InChI is InChI=1S/C15H23NO3S/c1-4-19-15(2,3)14(18)16-13(10-8-11(17)9-10)12-6-5-7-20-12/h5-7,10-11,13,17H,4,8-9H2,1-3H3,(H,16,18). The first-order valence-corrected chi connectivity index (χ1v) is 7.98. The molecule has 1 saturated carbocycles. The summed E-state index contributed by atoms with van der Waals surface area (Å²) in [5.41, 5.74) is -0.827. The second-order valence-corrected chi connectivity index (χ2v) is 6.77. The van der Waals surface area contributed by atoms with Gasteiger partial charge >= 0.3 is 0 Å². The largest absolute Gasteiger partial charge is 0.393 e. The lowest BCUT2D eigenvalue weighted by molar-refractivity contribution is -0.144. The van der Waals surface area contributed by atoms with Crippen molar-refractivity contribution in [1.29, 1.82) is 0 Å². The van der Waals surface area contributed by atoms with Crippen LogP contribution in [0.1, 0.15) is 44.5 Å². The third kappa shape index (κ3) is 3.40. The third-order valence-electron chi connectivity index (χ3n) is 3.81. The van der Waals surface area contributed by atoms with Crippen molar-refractivity contribution in [3.8, 4) is 0 Å². The Balaban J connectivity index is 2.07. The number of amides is 1. The van der Waals surface area contributed by atoms with Gasteiger partial charge < -0.3 is 15.2 Å². The van der Waals surface area contributed by atoms with Gasteiger partial charge in [-0.25, -0.2) is 0 Å². The van der Waals surface area contributed by atoms with Gasteiger partial charge in [0.2, 0.25) is 0 Å². The van der Waals surface area contributed by atoms with Gasteiger partial charge in [-0.15, -0.1) is 11.3 Å². The fourth-order valence-corrected chi connectivity index (χ4v) is 3.40. The van der Waals surface area contributed by atoms with Gasteiger partial charge in [-0.05, 0) is 51.0 Å². The molecule has 2 rings (SSSR count). The molecule has 1 aromatic rings. The molecule has 1 atom stereocenters. The second kappa shape index (κ2) is 6.24. The van der Waals surface area contributed by atoms with Gasteiger partial charge in [0.05, 0.1) is 12.1 Å². The van der Waals surface area contributed by atoms with Crippen LogP contribution in [0.15, 0.2) is 17.5 Å². The predicted molar refractivity (Wildman–Crippen MR) is 79.6 cm³/mol. The van der Waals surface area contributed by atoms with Crippen molar-refractivity contribution < 1.29 is 14.6 Å². The molecule has 1 heterocycles. The third-order valence-corrected chi connectivity index (χ3v) is 4.76. The van der Waals surface area contributed by atoms with Gasteiger partial charge in [0.1, 0.15) is 5.60 Å². The molecule has 1 aliphatic rings. The number of carbonyl (C=O) groups is 1. The first-order valence-electron chi connectivity index (χ1n) is 7.10. The number of thiophene rings is 1. The first-order chi connectivity index (χ1) is 9.44. The van der Waals surface area contributed by atoms with Gasteiger partial charge in [0.15, 0.2) is 0 Å². The molecule has 2 N–H and O–H groups in total. The van der Waals surface area contributed by atoms with Crippen LogP contribution >= 0.6 is 11.3 Å². The van der Waals surface area contributed by atoms with Crippen molar-refractivity contribution in [1.82, 2.24) is 5.32 Å². The predicted octanol–water partition coefficient (Wildman–Crippen LogP) is 2.49. The van der Waals surface area contributed by atoms with E-state index in [2.05, 4.69) is 5.32 Å². The van der Waals surface area contributed by atoms with Gasteiger partial charge in [-0.2, -0.15) is 0 Å². The van der Waals surface area contributed by atoms with Crippen LogP contribution in [0.3, 0.4) is 0 Å². The fraction of sp³-hybridized carbons (Fsp3) is 0.667. The molecule has 5 heteroatoms. The van der Waals surface area contributed by atoms with E-state index in [-0.39, 0.29) is 18.1 Å². The molecule has 20 heavy (non-hydrogen) atoms. The maximum absolute atomic E-state index is 12.4. The van der Waals surface area contributed by atoms with E-state index in [0.29, 0.717) is 12.5 Å². The molecule has 0 aliphatic heterocycles. The molecule has 0 spiro atoms. The molecule has 1 amide bonds. The average Bonchev–Trinajstić information content (AvgIpc) is 2.85. The Morgan fingerprint density at radius 1 is 1.60 bits per heavy atom. The van der Waals surface area contributed by atoms with E-state index in [1.165, 1.54) is 0 Å². The fourth-order valence-electron chi connectivity index (χ4n) is 2.53. The molecule has 4 nitrogen and oxygen atoms in total. The highest BCUT2D eigenvalue weighted by Crippen LogP contribution is 2.39. The van der Waals surface area contributed by atoms with E-state index < -0.39 is 5.60 Å². The topological polar surface area (TPSA) is 58.6 Å². The zero-order valence-electron chi connectivity index (χ0n) is 12.3. The molecule has 112 valence electrons. The summed E-state index contributed by atoms with van der Waals surface area (Å²) in [5.74, 6) is 0.212. The summed E-state index contributed by atoms with van der Waals surface area (Å²) >= 11 is 1.64. The smallest absolute Gasteiger partial charge is 0.252 e. The summed E-state index contributed by atoms with van der Waals surface area (Å²) < 4.78 is 5.50. The number of aliphatic hydroxyl groups excluding tert-OH is 1. The minimum Gasteiger partial charge on any atom is -0.393 e. The van der Waals surface area contributed by atoms with Crippen molar-refractivity contribution in [3.63, 3.8) is 0 Å². The average molecular weight is 297 g/mol. The normalized spacial score (nSPS) is 24.0. The monoisotopic (exact) mass is 297 g/mol. The minimum absolute atomic E-state index is 0.0226. The van der Waals surface area contributed by atoms with Crippen LogP contribution in [0.2, 0.25) is 0 Å². The molecule has 1 fully saturated rings.